The highest BCUT2D eigenvalue weighted by atomic mass is 31.2. The first kappa shape index (κ1) is 29.2. The minimum atomic E-state index is -4.22. The molecule has 3 fully saturated rings. The van der Waals surface area contributed by atoms with Crippen LogP contribution in [0.1, 0.15) is 105 Å². The van der Waals surface area contributed by atoms with Gasteiger partial charge < -0.3 is 10.3 Å². The zero-order valence-corrected chi connectivity index (χ0v) is 25.8. The smallest absolute Gasteiger partial charge is 0.404 e. The first-order valence-electron chi connectivity index (χ1n) is 15.7. The molecule has 2 unspecified atom stereocenters. The van der Waals surface area contributed by atoms with E-state index in [9.17, 15) is 9.46 Å². The van der Waals surface area contributed by atoms with Crippen molar-refractivity contribution in [2.75, 3.05) is 5.73 Å². The summed E-state index contributed by atoms with van der Waals surface area (Å²) in [7, 11) is -4.22. The molecule has 1 aromatic rings. The van der Waals surface area contributed by atoms with Gasteiger partial charge in [0.2, 0.25) is 0 Å². The van der Waals surface area contributed by atoms with E-state index in [0.717, 1.165) is 61.2 Å². The Morgan fingerprint density at radius 3 is 2.49 bits per heavy atom. The van der Waals surface area contributed by atoms with Crippen molar-refractivity contribution in [3.63, 3.8) is 0 Å². The van der Waals surface area contributed by atoms with Crippen LogP contribution in [0.5, 0.6) is 5.75 Å². The fraction of sp³-hybridized carbons (Fsp3) is 0.758. The number of hydrogen-bond donors (Lipinski definition) is 2. The van der Waals surface area contributed by atoms with Gasteiger partial charge in [-0.05, 0) is 122 Å². The molecule has 0 saturated heterocycles. The standard InChI is InChI=1S/C33H52NO4P/c1-22(2)7-6-8-23(3)29-15-16-30-28-14-9-24-21-27(17-19-32(24,4)31(28)18-20-33(29,30)5)38-39(35,36)37-26-12-10-25(34)11-13-26/h9-13,22-23,27-31H,6-8,14-21,34H2,1-5H3,(H,35,36)/t23-,27?,28+,29-,30+,31+,32+,33-/m1/s1. The molecule has 0 aromatic heterocycles. The molecule has 3 N–H and O–H groups in total. The third-order valence-corrected chi connectivity index (χ3v) is 12.6. The number of benzene rings is 1. The van der Waals surface area contributed by atoms with Crippen LogP contribution >= 0.6 is 7.82 Å². The van der Waals surface area contributed by atoms with Crippen LogP contribution in [-0.4, -0.2) is 11.0 Å². The van der Waals surface area contributed by atoms with Crippen molar-refractivity contribution in [3.05, 3.63) is 35.9 Å². The lowest BCUT2D eigenvalue weighted by Crippen LogP contribution is -2.51. The molecular formula is C33H52NO4P. The largest absolute Gasteiger partial charge is 0.527 e. The Morgan fingerprint density at radius 2 is 1.77 bits per heavy atom. The molecule has 5 rings (SSSR count). The van der Waals surface area contributed by atoms with Crippen LogP contribution in [-0.2, 0) is 9.09 Å². The molecular weight excluding hydrogens is 505 g/mol. The number of nitrogens with two attached hydrogens (primary N) is 1. The summed E-state index contributed by atoms with van der Waals surface area (Å²) in [6.07, 6.45) is 15.5. The molecule has 0 amide bonds. The van der Waals surface area contributed by atoms with Gasteiger partial charge in [-0.2, -0.15) is 0 Å². The van der Waals surface area contributed by atoms with E-state index in [1.165, 1.54) is 50.5 Å². The van der Waals surface area contributed by atoms with E-state index in [1.54, 1.807) is 24.3 Å². The lowest BCUT2D eigenvalue weighted by atomic mass is 9.47. The molecule has 0 spiro atoms. The van der Waals surface area contributed by atoms with Gasteiger partial charge in [0.25, 0.3) is 0 Å². The Labute approximate surface area is 236 Å². The lowest BCUT2D eigenvalue weighted by molar-refractivity contribution is -0.0569. The molecule has 9 atom stereocenters. The molecule has 1 aromatic carbocycles. The van der Waals surface area contributed by atoms with E-state index in [0.29, 0.717) is 16.9 Å². The highest BCUT2D eigenvalue weighted by Gasteiger charge is 2.59. The fourth-order valence-corrected chi connectivity index (χ4v) is 10.6. The number of anilines is 1. The van der Waals surface area contributed by atoms with Gasteiger partial charge in [0.15, 0.2) is 0 Å². The van der Waals surface area contributed by atoms with Gasteiger partial charge in [-0.25, -0.2) is 4.57 Å². The first-order chi connectivity index (χ1) is 18.4. The summed E-state index contributed by atoms with van der Waals surface area (Å²) >= 11 is 0. The average Bonchev–Trinajstić information content (AvgIpc) is 3.22. The Balaban J connectivity index is 1.23. The maximum absolute atomic E-state index is 12.8. The van der Waals surface area contributed by atoms with Crippen molar-refractivity contribution in [1.82, 2.24) is 0 Å². The Hall–Kier alpha value is -1.29. The third kappa shape index (κ3) is 5.88. The minimum absolute atomic E-state index is 0.183. The highest BCUT2D eigenvalue weighted by Crippen LogP contribution is 2.67. The molecule has 0 radical (unpaired) electrons. The van der Waals surface area contributed by atoms with E-state index >= 15 is 0 Å². The summed E-state index contributed by atoms with van der Waals surface area (Å²) in [5.74, 6) is 5.15. The maximum atomic E-state index is 12.8. The van der Waals surface area contributed by atoms with Crippen LogP contribution in [0.15, 0.2) is 35.9 Å². The molecule has 5 nitrogen and oxygen atoms in total. The summed E-state index contributed by atoms with van der Waals surface area (Å²) in [4.78, 5) is 10.5. The van der Waals surface area contributed by atoms with Gasteiger partial charge in [-0.1, -0.05) is 65.5 Å². The Morgan fingerprint density at radius 1 is 1.03 bits per heavy atom. The molecule has 0 heterocycles. The number of hydrogen-bond acceptors (Lipinski definition) is 4. The van der Waals surface area contributed by atoms with Crippen LogP contribution in [0, 0.1) is 46.3 Å². The quantitative estimate of drug-likeness (QED) is 0.180. The van der Waals surface area contributed by atoms with Crippen LogP contribution in [0.25, 0.3) is 0 Å². The van der Waals surface area contributed by atoms with Crippen molar-refractivity contribution in [1.29, 1.82) is 0 Å². The second-order valence-corrected chi connectivity index (χ2v) is 15.7. The number of phosphoric acid groups is 1. The molecule has 4 aliphatic carbocycles. The van der Waals surface area contributed by atoms with Crippen LogP contribution in [0.4, 0.5) is 5.69 Å². The topological polar surface area (TPSA) is 81.8 Å². The minimum Gasteiger partial charge on any atom is -0.404 e. The first-order valence-corrected chi connectivity index (χ1v) is 17.2. The predicted molar refractivity (Wildman–Crippen MR) is 159 cm³/mol. The van der Waals surface area contributed by atoms with Gasteiger partial charge in [0.05, 0.1) is 6.10 Å². The summed E-state index contributed by atoms with van der Waals surface area (Å²) in [5.41, 5.74) is 8.42. The van der Waals surface area contributed by atoms with Gasteiger partial charge in [-0.15, -0.1) is 0 Å². The van der Waals surface area contributed by atoms with Gasteiger partial charge in [0.1, 0.15) is 5.75 Å². The Kier molecular flexibility index (Phi) is 8.37. The number of allylic oxidation sites excluding steroid dienone is 1. The summed E-state index contributed by atoms with van der Waals surface area (Å²) in [6, 6.07) is 6.50. The van der Waals surface area contributed by atoms with E-state index in [2.05, 4.69) is 40.7 Å². The molecule has 0 bridgehead atoms. The zero-order valence-electron chi connectivity index (χ0n) is 24.9. The number of rotatable bonds is 9. The summed E-state index contributed by atoms with van der Waals surface area (Å²) in [5, 5.41) is 0. The van der Waals surface area contributed by atoms with Crippen LogP contribution < -0.4 is 10.3 Å². The summed E-state index contributed by atoms with van der Waals surface area (Å²) in [6.45, 7) is 12.4. The third-order valence-electron chi connectivity index (χ3n) is 11.6. The van der Waals surface area contributed by atoms with Crippen molar-refractivity contribution in [2.45, 2.75) is 111 Å². The van der Waals surface area contributed by atoms with Gasteiger partial charge >= 0.3 is 7.82 Å². The molecule has 218 valence electrons. The van der Waals surface area contributed by atoms with E-state index in [4.69, 9.17) is 14.8 Å². The van der Waals surface area contributed by atoms with Crippen molar-refractivity contribution in [3.8, 4) is 5.75 Å². The SMILES string of the molecule is CC(C)CCC[C@@H](C)[C@H]1CC[C@H]2[C@@H]3CC=C4CC(OP(=O)(O)Oc5ccc(N)cc5)CC[C@]4(C)[C@H]3CC[C@]12C. The normalized spacial score (nSPS) is 38.2. The van der Waals surface area contributed by atoms with E-state index < -0.39 is 7.82 Å². The predicted octanol–water partition coefficient (Wildman–Crippen LogP) is 9.17. The molecule has 6 heteroatoms. The zero-order chi connectivity index (χ0) is 28.0. The van der Waals surface area contributed by atoms with E-state index in [-0.39, 0.29) is 11.5 Å². The molecule has 3 saturated carbocycles. The van der Waals surface area contributed by atoms with Gasteiger partial charge in [0, 0.05) is 5.69 Å². The van der Waals surface area contributed by atoms with Gasteiger partial charge in [-0.3, -0.25) is 9.42 Å². The number of fused-ring (bicyclic) bond motifs is 5. The second kappa shape index (κ2) is 11.2. The average molecular weight is 558 g/mol. The fourth-order valence-electron chi connectivity index (χ4n) is 9.61. The molecule has 39 heavy (non-hydrogen) atoms. The van der Waals surface area contributed by atoms with Crippen molar-refractivity contribution in [2.24, 2.45) is 46.3 Å². The summed E-state index contributed by atoms with van der Waals surface area (Å²) < 4.78 is 23.9. The van der Waals surface area contributed by atoms with Crippen LogP contribution in [0.2, 0.25) is 0 Å². The van der Waals surface area contributed by atoms with E-state index in [1.807, 2.05) is 0 Å². The molecule has 4 aliphatic rings. The van der Waals surface area contributed by atoms with Crippen molar-refractivity contribution >= 4 is 13.5 Å². The second-order valence-electron chi connectivity index (χ2n) is 14.4. The number of phosphoric ester groups is 1. The van der Waals surface area contributed by atoms with Crippen LogP contribution in [0.3, 0.4) is 0 Å². The highest BCUT2D eigenvalue weighted by molar-refractivity contribution is 7.47. The monoisotopic (exact) mass is 557 g/mol. The number of nitrogen functional groups attached to an aromatic ring is 1. The van der Waals surface area contributed by atoms with Crippen molar-refractivity contribution < 1.29 is 18.5 Å². The lowest BCUT2D eigenvalue weighted by Gasteiger charge is -2.58. The Bertz CT molecular complexity index is 1090. The maximum Gasteiger partial charge on any atom is 0.527 e. The molecule has 0 aliphatic heterocycles.